The van der Waals surface area contributed by atoms with Crippen LogP contribution in [0, 0.1) is 29.1 Å². The number of hydrogen-bond acceptors (Lipinski definition) is 10. The Morgan fingerprint density at radius 1 is 1.02 bits per heavy atom. The zero-order valence-electron chi connectivity index (χ0n) is 30.3. The molecule has 1 aliphatic carbocycles. The minimum Gasteiger partial charge on any atom is -0.463 e. The third kappa shape index (κ3) is 7.24. The van der Waals surface area contributed by atoms with E-state index in [0.29, 0.717) is 18.1 Å². The van der Waals surface area contributed by atoms with Crippen molar-refractivity contribution >= 4 is 11.8 Å². The van der Waals surface area contributed by atoms with Crippen molar-refractivity contribution in [3.05, 3.63) is 0 Å². The van der Waals surface area contributed by atoms with Crippen LogP contribution in [-0.2, 0) is 33.3 Å². The number of likely N-dealkylation sites (N-methyl/N-ethyl adjacent to an activating group) is 2. The van der Waals surface area contributed by atoms with Crippen molar-refractivity contribution in [3.8, 4) is 0 Å². The fourth-order valence-corrected chi connectivity index (χ4v) is 9.50. The van der Waals surface area contributed by atoms with Gasteiger partial charge in [-0.2, -0.15) is 0 Å². The second-order valence-corrected chi connectivity index (χ2v) is 16.4. The standard InChI is InChI=1S/C36H63N3O7/c1-22-17-36(42-10)18-28-29(37(6)7)14-23(2)45-33(28)46-32(36)24(3)31(40)35(4,5)34(41)44-21-30(39(9)19-22)25-15-26(16-25)38(8)20-27-12-11-13-43-27/h22-30,32-33H,11-21H2,1-10H3/t22-,23-,24+,25?,26?,27?,28-,29+,30+,32-,33+,36+/m1/s1. The molecule has 0 aromatic carbocycles. The van der Waals surface area contributed by atoms with Gasteiger partial charge in [-0.3, -0.25) is 14.5 Å². The molecule has 0 N–H and O–H groups in total. The topological polar surface area (TPSA) is 90.0 Å². The van der Waals surface area contributed by atoms with Crippen LogP contribution in [-0.4, -0.2) is 136 Å². The number of carbonyl (C=O) groups excluding carboxylic acids is 2. The zero-order valence-corrected chi connectivity index (χ0v) is 30.3. The van der Waals surface area contributed by atoms with Crippen LogP contribution in [0.4, 0.5) is 0 Å². The number of esters is 1. The van der Waals surface area contributed by atoms with Gasteiger partial charge in [-0.15, -0.1) is 0 Å². The van der Waals surface area contributed by atoms with E-state index in [1.165, 1.54) is 0 Å². The van der Waals surface area contributed by atoms with Crippen LogP contribution in [0.15, 0.2) is 0 Å². The lowest BCUT2D eigenvalue weighted by Crippen LogP contribution is -2.65. The van der Waals surface area contributed by atoms with Gasteiger partial charge < -0.3 is 33.5 Å². The minimum absolute atomic E-state index is 0.0438. The summed E-state index contributed by atoms with van der Waals surface area (Å²) in [5.74, 6) is -0.457. The molecule has 10 nitrogen and oxygen atoms in total. The summed E-state index contributed by atoms with van der Waals surface area (Å²) in [5.41, 5.74) is -2.02. The number of methoxy groups -OCH3 is 1. The molecule has 0 bridgehead atoms. The number of rotatable bonds is 6. The Bertz CT molecular complexity index is 1060. The quantitative estimate of drug-likeness (QED) is 0.312. The molecule has 0 aromatic rings. The van der Waals surface area contributed by atoms with Crippen molar-refractivity contribution in [2.45, 2.75) is 128 Å². The molecular formula is C36H63N3O7. The summed E-state index contributed by atoms with van der Waals surface area (Å²) in [7, 11) is 10.4. The van der Waals surface area contributed by atoms with E-state index >= 15 is 0 Å². The highest BCUT2D eigenvalue weighted by molar-refractivity contribution is 6.04. The molecule has 5 fully saturated rings. The van der Waals surface area contributed by atoms with Gasteiger partial charge in [0.25, 0.3) is 0 Å². The summed E-state index contributed by atoms with van der Waals surface area (Å²) in [4.78, 5) is 35.1. The number of cyclic esters (lactones) is 1. The van der Waals surface area contributed by atoms with Gasteiger partial charge in [-0.05, 0) is 106 Å². The molecule has 4 aliphatic heterocycles. The van der Waals surface area contributed by atoms with Gasteiger partial charge in [-0.25, -0.2) is 0 Å². The van der Waals surface area contributed by atoms with E-state index in [1.807, 2.05) is 6.92 Å². The van der Waals surface area contributed by atoms with Crippen LogP contribution in [0.1, 0.15) is 79.6 Å². The lowest BCUT2D eigenvalue weighted by Gasteiger charge is -2.56. The number of carbonyl (C=O) groups is 2. The summed E-state index contributed by atoms with van der Waals surface area (Å²) >= 11 is 0. The van der Waals surface area contributed by atoms with Gasteiger partial charge in [0.15, 0.2) is 12.1 Å². The molecule has 1 saturated carbocycles. The monoisotopic (exact) mass is 649 g/mol. The van der Waals surface area contributed by atoms with Crippen molar-refractivity contribution in [1.29, 1.82) is 0 Å². The minimum atomic E-state index is -1.32. The Hall–Kier alpha value is -1.14. The first-order valence-corrected chi connectivity index (χ1v) is 17.9. The summed E-state index contributed by atoms with van der Waals surface area (Å²) in [5, 5.41) is 0. The third-order valence-electron chi connectivity index (χ3n) is 12.3. The van der Waals surface area contributed by atoms with Gasteiger partial charge in [0.05, 0.1) is 23.9 Å². The van der Waals surface area contributed by atoms with Gasteiger partial charge in [0, 0.05) is 56.8 Å². The zero-order chi connectivity index (χ0) is 33.6. The highest BCUT2D eigenvalue weighted by Crippen LogP contribution is 2.49. The molecule has 0 radical (unpaired) electrons. The Morgan fingerprint density at radius 3 is 2.37 bits per heavy atom. The van der Waals surface area contributed by atoms with Crippen molar-refractivity contribution in [1.82, 2.24) is 14.7 Å². The maximum absolute atomic E-state index is 14.3. The number of nitrogens with zero attached hydrogens (tertiary/aromatic N) is 3. The van der Waals surface area contributed by atoms with Crippen molar-refractivity contribution < 1.29 is 33.3 Å². The van der Waals surface area contributed by atoms with Crippen molar-refractivity contribution in [2.75, 3.05) is 61.6 Å². The fourth-order valence-electron chi connectivity index (χ4n) is 9.50. The van der Waals surface area contributed by atoms with Gasteiger partial charge in [-0.1, -0.05) is 13.8 Å². The second kappa shape index (κ2) is 14.4. The number of fused-ring (bicyclic) bond motifs is 2. The van der Waals surface area contributed by atoms with Crippen LogP contribution < -0.4 is 0 Å². The van der Waals surface area contributed by atoms with Gasteiger partial charge >= 0.3 is 5.97 Å². The van der Waals surface area contributed by atoms with Crippen molar-refractivity contribution in [2.24, 2.45) is 29.1 Å². The van der Waals surface area contributed by atoms with Gasteiger partial charge in [0.1, 0.15) is 12.0 Å². The number of Topliss-reactive ketones (excluding diaryl/α,β-unsaturated/α-hetero) is 1. The molecule has 264 valence electrons. The molecular weight excluding hydrogens is 586 g/mol. The largest absolute Gasteiger partial charge is 0.463 e. The summed E-state index contributed by atoms with van der Waals surface area (Å²) < 4.78 is 31.7. The van der Waals surface area contributed by atoms with Crippen LogP contribution >= 0.6 is 0 Å². The molecule has 4 heterocycles. The summed E-state index contributed by atoms with van der Waals surface area (Å²) in [6.45, 7) is 12.6. The van der Waals surface area contributed by atoms with Crippen LogP contribution in [0.2, 0.25) is 0 Å². The number of ketones is 1. The van der Waals surface area contributed by atoms with E-state index in [0.717, 1.165) is 64.6 Å². The van der Waals surface area contributed by atoms with Crippen LogP contribution in [0.25, 0.3) is 0 Å². The highest BCUT2D eigenvalue weighted by atomic mass is 16.7. The predicted molar refractivity (Wildman–Crippen MR) is 176 cm³/mol. The molecule has 0 spiro atoms. The average Bonchev–Trinajstić information content (AvgIpc) is 3.48. The first-order valence-electron chi connectivity index (χ1n) is 17.9. The molecule has 1 unspecified atom stereocenters. The molecule has 5 aliphatic rings. The third-order valence-corrected chi connectivity index (χ3v) is 12.3. The second-order valence-electron chi connectivity index (χ2n) is 16.4. The molecule has 0 amide bonds. The average molecular weight is 650 g/mol. The first-order chi connectivity index (χ1) is 21.7. The van der Waals surface area contributed by atoms with Crippen molar-refractivity contribution in [3.63, 3.8) is 0 Å². The fraction of sp³-hybridized carbons (Fsp3) is 0.944. The number of ether oxygens (including phenoxy) is 5. The van der Waals surface area contributed by atoms with Crippen LogP contribution in [0.3, 0.4) is 0 Å². The molecule has 10 heteroatoms. The van der Waals surface area contributed by atoms with E-state index in [9.17, 15) is 9.59 Å². The van der Waals surface area contributed by atoms with Gasteiger partial charge in [0.2, 0.25) is 0 Å². The van der Waals surface area contributed by atoms with Crippen LogP contribution in [0.5, 0.6) is 0 Å². The molecule has 5 rings (SSSR count). The van der Waals surface area contributed by atoms with E-state index in [1.54, 1.807) is 21.0 Å². The summed E-state index contributed by atoms with van der Waals surface area (Å²) in [6, 6.07) is 0.862. The van der Waals surface area contributed by atoms with E-state index < -0.39 is 35.3 Å². The van der Waals surface area contributed by atoms with E-state index in [4.69, 9.17) is 23.7 Å². The maximum atomic E-state index is 14.3. The first kappa shape index (κ1) is 36.1. The Balaban J connectivity index is 1.39. The molecule has 4 saturated heterocycles. The smallest absolute Gasteiger partial charge is 0.319 e. The lowest BCUT2D eigenvalue weighted by molar-refractivity contribution is -0.325. The Labute approximate surface area is 278 Å². The van der Waals surface area contributed by atoms with E-state index in [2.05, 4.69) is 56.7 Å². The molecule has 46 heavy (non-hydrogen) atoms. The predicted octanol–water partition coefficient (Wildman–Crippen LogP) is 3.85. The molecule has 10 atom stereocenters. The Kier molecular flexibility index (Phi) is 11.3. The maximum Gasteiger partial charge on any atom is 0.319 e. The van der Waals surface area contributed by atoms with E-state index in [-0.39, 0.29) is 42.4 Å². The lowest BCUT2D eigenvalue weighted by atomic mass is 9.67. The SMILES string of the molecule is CO[C@]12C[C@@H](C)CN(C)[C@H](C3CC(N(C)CC4CCCO4)C3)COC(=O)C(C)(C)C(=O)[C@H](C)[C@H]1O[C@@H]1O[C@H](C)C[C@H](N(C)C)[C@H]1C2. The number of hydrogen-bond donors (Lipinski definition) is 0. The molecule has 0 aromatic heterocycles. The summed E-state index contributed by atoms with van der Waals surface area (Å²) in [6.07, 6.45) is 6.22. The highest BCUT2D eigenvalue weighted by Gasteiger charge is 2.58. The normalized spacial score (nSPS) is 44.4. The Morgan fingerprint density at radius 2 is 1.74 bits per heavy atom.